The van der Waals surface area contributed by atoms with Crippen molar-refractivity contribution in [1.82, 2.24) is 9.73 Å². The lowest BCUT2D eigenvalue weighted by molar-refractivity contribution is -0.121. The Kier molecular flexibility index (Phi) is 8.51. The summed E-state index contributed by atoms with van der Waals surface area (Å²) in [7, 11) is -4.03. The van der Waals surface area contributed by atoms with E-state index in [4.69, 9.17) is 34.8 Å². The van der Waals surface area contributed by atoms with E-state index in [1.54, 1.807) is 18.2 Å². The molecule has 0 bridgehead atoms. The molecule has 0 unspecified atom stereocenters. The third-order valence-electron chi connectivity index (χ3n) is 4.56. The Balaban J connectivity index is 1.81. The Morgan fingerprint density at radius 3 is 2.39 bits per heavy atom. The van der Waals surface area contributed by atoms with Gasteiger partial charge < -0.3 is 0 Å². The highest BCUT2D eigenvalue weighted by molar-refractivity contribution is 7.89. The second kappa shape index (κ2) is 11.1. The van der Waals surface area contributed by atoms with Gasteiger partial charge >= 0.3 is 0 Å². The third kappa shape index (κ3) is 7.03. The summed E-state index contributed by atoms with van der Waals surface area (Å²) in [6.45, 7) is 1.38. The van der Waals surface area contributed by atoms with E-state index in [1.807, 2.05) is 31.2 Å². The molecule has 0 aliphatic rings. The molecular weight excluding hydrogens is 505 g/mol. The SMILES string of the molecule is Cc1cccc(/C=N\NC(=O)CN(Cc2ccc(Cl)c(Cl)c2)S(=O)(=O)c2ccc(Cl)cc2)c1. The second-order valence-electron chi connectivity index (χ2n) is 7.18. The summed E-state index contributed by atoms with van der Waals surface area (Å²) in [5, 5.41) is 4.96. The number of sulfonamides is 1. The summed E-state index contributed by atoms with van der Waals surface area (Å²) in [6, 6.07) is 18.0. The van der Waals surface area contributed by atoms with Crippen molar-refractivity contribution in [3.05, 3.63) is 98.5 Å². The summed E-state index contributed by atoms with van der Waals surface area (Å²) < 4.78 is 27.6. The maximum atomic E-state index is 13.3. The summed E-state index contributed by atoms with van der Waals surface area (Å²) in [4.78, 5) is 12.6. The van der Waals surface area contributed by atoms with Gasteiger partial charge in [0.1, 0.15) is 0 Å². The van der Waals surface area contributed by atoms with Crippen molar-refractivity contribution in [3.63, 3.8) is 0 Å². The molecule has 6 nitrogen and oxygen atoms in total. The Hall–Kier alpha value is -2.42. The highest BCUT2D eigenvalue weighted by atomic mass is 35.5. The molecule has 0 aromatic heterocycles. The van der Waals surface area contributed by atoms with Gasteiger partial charge in [0.15, 0.2) is 0 Å². The molecule has 33 heavy (non-hydrogen) atoms. The van der Waals surface area contributed by atoms with Crippen LogP contribution in [0.15, 0.2) is 76.7 Å². The largest absolute Gasteiger partial charge is 0.272 e. The van der Waals surface area contributed by atoms with Gasteiger partial charge in [-0.15, -0.1) is 0 Å². The predicted molar refractivity (Wildman–Crippen MR) is 132 cm³/mol. The lowest BCUT2D eigenvalue weighted by Crippen LogP contribution is -2.39. The molecule has 3 aromatic carbocycles. The van der Waals surface area contributed by atoms with Crippen LogP contribution < -0.4 is 5.43 Å². The standard InChI is InChI=1S/C23H20Cl3N3O3S/c1-16-3-2-4-17(11-16)13-27-28-23(30)15-29(14-18-5-10-21(25)22(26)12-18)33(31,32)20-8-6-19(24)7-9-20/h2-13H,14-15H2,1H3,(H,28,30)/b27-13-. The molecule has 0 spiro atoms. The van der Waals surface area contributed by atoms with Crippen molar-refractivity contribution in [2.75, 3.05) is 6.54 Å². The van der Waals surface area contributed by atoms with Gasteiger partial charge in [-0.25, -0.2) is 13.8 Å². The van der Waals surface area contributed by atoms with Crippen molar-refractivity contribution in [1.29, 1.82) is 0 Å². The monoisotopic (exact) mass is 523 g/mol. The molecule has 1 N–H and O–H groups in total. The average Bonchev–Trinajstić information content (AvgIpc) is 2.76. The Morgan fingerprint density at radius 2 is 1.73 bits per heavy atom. The van der Waals surface area contributed by atoms with Crippen LogP contribution in [0.25, 0.3) is 0 Å². The molecule has 3 aromatic rings. The zero-order valence-corrected chi connectivity index (χ0v) is 20.6. The number of aryl methyl sites for hydroxylation is 1. The zero-order valence-electron chi connectivity index (χ0n) is 17.5. The summed E-state index contributed by atoms with van der Waals surface area (Å²) in [5.41, 5.74) is 4.79. The quantitative estimate of drug-likeness (QED) is 0.321. The number of halogens is 3. The number of nitrogens with zero attached hydrogens (tertiary/aromatic N) is 2. The van der Waals surface area contributed by atoms with E-state index < -0.39 is 22.5 Å². The van der Waals surface area contributed by atoms with Crippen molar-refractivity contribution >= 4 is 56.9 Å². The second-order valence-corrected chi connectivity index (χ2v) is 10.4. The minimum Gasteiger partial charge on any atom is -0.272 e. The van der Waals surface area contributed by atoms with Crippen molar-refractivity contribution < 1.29 is 13.2 Å². The van der Waals surface area contributed by atoms with Gasteiger partial charge in [0.25, 0.3) is 5.91 Å². The van der Waals surface area contributed by atoms with Crippen LogP contribution in [0.5, 0.6) is 0 Å². The Bertz CT molecular complexity index is 1280. The molecular formula is C23H20Cl3N3O3S. The Labute approximate surface area is 207 Å². The van der Waals surface area contributed by atoms with E-state index >= 15 is 0 Å². The van der Waals surface area contributed by atoms with Crippen molar-refractivity contribution in [2.24, 2.45) is 5.10 Å². The first-order valence-electron chi connectivity index (χ1n) is 9.73. The van der Waals surface area contributed by atoms with E-state index in [1.165, 1.54) is 30.5 Å². The van der Waals surface area contributed by atoms with Gasteiger partial charge in [0.2, 0.25) is 10.0 Å². The van der Waals surface area contributed by atoms with E-state index in [9.17, 15) is 13.2 Å². The van der Waals surface area contributed by atoms with E-state index in [0.717, 1.165) is 15.4 Å². The van der Waals surface area contributed by atoms with Gasteiger partial charge in [-0.2, -0.15) is 9.41 Å². The van der Waals surface area contributed by atoms with Crippen molar-refractivity contribution in [2.45, 2.75) is 18.4 Å². The van der Waals surface area contributed by atoms with Crippen molar-refractivity contribution in [3.8, 4) is 0 Å². The molecule has 10 heteroatoms. The number of rotatable bonds is 8. The number of carbonyl (C=O) groups excluding carboxylic acids is 1. The average molecular weight is 525 g/mol. The Morgan fingerprint density at radius 1 is 1.00 bits per heavy atom. The number of nitrogens with one attached hydrogen (secondary N) is 1. The first kappa shape index (κ1) is 25.2. The van der Waals surface area contributed by atoms with Crippen LogP contribution in [0.4, 0.5) is 0 Å². The number of hydrazone groups is 1. The first-order chi connectivity index (χ1) is 15.6. The van der Waals surface area contributed by atoms with Crippen LogP contribution in [0, 0.1) is 6.92 Å². The molecule has 172 valence electrons. The van der Waals surface area contributed by atoms with Gasteiger partial charge in [-0.3, -0.25) is 4.79 Å². The molecule has 0 fully saturated rings. The van der Waals surface area contributed by atoms with Crippen LogP contribution in [0.1, 0.15) is 16.7 Å². The molecule has 0 atom stereocenters. The van der Waals surface area contributed by atoms with Gasteiger partial charge in [0, 0.05) is 11.6 Å². The smallest absolute Gasteiger partial charge is 0.255 e. The third-order valence-corrected chi connectivity index (χ3v) is 7.36. The normalized spacial score (nSPS) is 11.8. The molecule has 0 saturated carbocycles. The van der Waals surface area contributed by atoms with Gasteiger partial charge in [-0.05, 0) is 54.4 Å². The van der Waals surface area contributed by atoms with Crippen LogP contribution in [-0.2, 0) is 21.4 Å². The van der Waals surface area contributed by atoms with E-state index in [2.05, 4.69) is 10.5 Å². The fourth-order valence-electron chi connectivity index (χ4n) is 2.95. The fourth-order valence-corrected chi connectivity index (χ4v) is 4.78. The molecule has 0 saturated heterocycles. The van der Waals surface area contributed by atoms with Gasteiger partial charge in [-0.1, -0.05) is 70.7 Å². The fraction of sp³-hybridized carbons (Fsp3) is 0.130. The van der Waals surface area contributed by atoms with Crippen LogP contribution in [0.3, 0.4) is 0 Å². The molecule has 0 aliphatic carbocycles. The van der Waals surface area contributed by atoms with Crippen LogP contribution in [-0.4, -0.2) is 31.4 Å². The predicted octanol–water partition coefficient (Wildman–Crippen LogP) is 5.30. The highest BCUT2D eigenvalue weighted by Crippen LogP contribution is 2.25. The van der Waals surface area contributed by atoms with E-state index in [-0.39, 0.29) is 16.5 Å². The number of hydrogen-bond donors (Lipinski definition) is 1. The molecule has 0 radical (unpaired) electrons. The number of amides is 1. The minimum absolute atomic E-state index is 0.00280. The lowest BCUT2D eigenvalue weighted by Gasteiger charge is -2.21. The number of benzene rings is 3. The van der Waals surface area contributed by atoms with E-state index in [0.29, 0.717) is 15.6 Å². The van der Waals surface area contributed by atoms with Crippen LogP contribution >= 0.6 is 34.8 Å². The highest BCUT2D eigenvalue weighted by Gasteiger charge is 2.27. The summed E-state index contributed by atoms with van der Waals surface area (Å²) >= 11 is 17.9. The first-order valence-corrected chi connectivity index (χ1v) is 12.3. The number of hydrogen-bond acceptors (Lipinski definition) is 4. The topological polar surface area (TPSA) is 78.8 Å². The maximum Gasteiger partial charge on any atom is 0.255 e. The minimum atomic E-state index is -4.03. The van der Waals surface area contributed by atoms with Gasteiger partial charge in [0.05, 0.1) is 27.7 Å². The molecule has 1 amide bonds. The van der Waals surface area contributed by atoms with Crippen LogP contribution in [0.2, 0.25) is 15.1 Å². The zero-order chi connectivity index (χ0) is 24.0. The summed E-state index contributed by atoms with van der Waals surface area (Å²) in [5.74, 6) is -0.600. The molecule has 0 aliphatic heterocycles. The lowest BCUT2D eigenvalue weighted by atomic mass is 10.2. The maximum absolute atomic E-state index is 13.3. The number of carbonyl (C=O) groups is 1. The summed E-state index contributed by atoms with van der Waals surface area (Å²) in [6.07, 6.45) is 1.49. The molecule has 0 heterocycles. The molecule has 3 rings (SSSR count).